The number of rotatable bonds is 5. The first-order chi connectivity index (χ1) is 10.1. The van der Waals surface area contributed by atoms with E-state index in [2.05, 4.69) is 15.2 Å². The van der Waals surface area contributed by atoms with E-state index in [4.69, 9.17) is 0 Å². The summed E-state index contributed by atoms with van der Waals surface area (Å²) in [5, 5.41) is 3.41. The van der Waals surface area contributed by atoms with Crippen LogP contribution >= 0.6 is 12.4 Å². The van der Waals surface area contributed by atoms with Gasteiger partial charge in [0.1, 0.15) is 5.82 Å². The Kier molecular flexibility index (Phi) is 5.83. The molecule has 1 aromatic rings. The van der Waals surface area contributed by atoms with Crippen molar-refractivity contribution in [2.45, 2.75) is 18.9 Å². The second-order valence-electron chi connectivity index (χ2n) is 6.30. The van der Waals surface area contributed by atoms with E-state index in [1.807, 2.05) is 36.0 Å². The maximum Gasteiger partial charge on any atom is 0.236 e. The zero-order chi connectivity index (χ0) is 14.8. The number of carbonyl (C=O) groups excluding carboxylic acids is 1. The van der Waals surface area contributed by atoms with E-state index in [1.165, 1.54) is 12.8 Å². The number of aromatic nitrogens is 2. The minimum absolute atomic E-state index is 0. The average Bonchev–Trinajstić information content (AvgIpc) is 3.19. The van der Waals surface area contributed by atoms with Crippen LogP contribution in [-0.2, 0) is 11.8 Å². The van der Waals surface area contributed by atoms with Crippen LogP contribution in [0.4, 0.5) is 0 Å². The Morgan fingerprint density at radius 3 is 2.91 bits per heavy atom. The Hall–Kier alpha value is -1.11. The normalized spacial score (nSPS) is 22.2. The van der Waals surface area contributed by atoms with Crippen molar-refractivity contribution in [3.05, 3.63) is 18.2 Å². The number of nitrogens with one attached hydrogen (secondary N) is 1. The molecule has 2 fully saturated rings. The van der Waals surface area contributed by atoms with E-state index in [0.29, 0.717) is 6.54 Å². The Balaban J connectivity index is 0.00000176. The summed E-state index contributed by atoms with van der Waals surface area (Å²) in [5.41, 5.74) is 0. The second-order valence-corrected chi connectivity index (χ2v) is 6.30. The fourth-order valence-corrected chi connectivity index (χ4v) is 2.97. The van der Waals surface area contributed by atoms with Gasteiger partial charge in [-0.25, -0.2) is 4.98 Å². The molecular weight excluding hydrogens is 302 g/mol. The number of hydrogen-bond donors (Lipinski definition) is 1. The van der Waals surface area contributed by atoms with Gasteiger partial charge in [-0.3, -0.25) is 9.69 Å². The van der Waals surface area contributed by atoms with Gasteiger partial charge in [-0.2, -0.15) is 0 Å². The van der Waals surface area contributed by atoms with Crippen molar-refractivity contribution in [3.8, 4) is 0 Å². The van der Waals surface area contributed by atoms with Gasteiger partial charge in [0.05, 0.1) is 12.6 Å². The Morgan fingerprint density at radius 2 is 2.27 bits per heavy atom. The maximum absolute atomic E-state index is 12.4. The number of halogens is 1. The summed E-state index contributed by atoms with van der Waals surface area (Å²) in [5.74, 6) is 2.00. The van der Waals surface area contributed by atoms with Crippen molar-refractivity contribution in [2.24, 2.45) is 13.0 Å². The topological polar surface area (TPSA) is 53.4 Å². The van der Waals surface area contributed by atoms with Crippen LogP contribution in [0, 0.1) is 5.92 Å². The summed E-state index contributed by atoms with van der Waals surface area (Å²) in [4.78, 5) is 21.0. The number of piperazine rings is 1. The van der Waals surface area contributed by atoms with Gasteiger partial charge in [0.25, 0.3) is 0 Å². The third kappa shape index (κ3) is 4.00. The highest BCUT2D eigenvalue weighted by Gasteiger charge is 2.30. The molecule has 0 bridgehead atoms. The molecule has 3 rings (SSSR count). The van der Waals surface area contributed by atoms with Gasteiger partial charge in [0, 0.05) is 52.7 Å². The molecule has 1 N–H and O–H groups in total. The number of nitrogens with zero attached hydrogens (tertiary/aromatic N) is 4. The Morgan fingerprint density at radius 1 is 1.50 bits per heavy atom. The number of aryl methyl sites for hydroxylation is 1. The zero-order valence-electron chi connectivity index (χ0n) is 13.4. The van der Waals surface area contributed by atoms with Gasteiger partial charge in [-0.15, -0.1) is 12.4 Å². The predicted octanol–water partition coefficient (Wildman–Crippen LogP) is 0.657. The third-order valence-electron chi connectivity index (χ3n) is 4.50. The minimum Gasteiger partial charge on any atom is -0.344 e. The van der Waals surface area contributed by atoms with Crippen LogP contribution in [0.15, 0.2) is 12.4 Å². The summed E-state index contributed by atoms with van der Waals surface area (Å²) in [6.45, 7) is 4.08. The lowest BCUT2D eigenvalue weighted by atomic mass is 10.1. The lowest BCUT2D eigenvalue weighted by Gasteiger charge is -2.36. The molecule has 2 heterocycles. The molecule has 1 unspecified atom stereocenters. The van der Waals surface area contributed by atoms with Crippen LogP contribution in [0.3, 0.4) is 0 Å². The number of hydrogen-bond acceptors (Lipinski definition) is 4. The summed E-state index contributed by atoms with van der Waals surface area (Å²) >= 11 is 0. The standard InChI is InChI=1S/C15H25N5O.ClH/c1-18-7-6-17-15(18)13-9-16-5-8-20(13)11-14(21)19(2)10-12-3-4-12;/h6-7,12-13,16H,3-5,8-11H2,1-2H3;1H. The van der Waals surface area contributed by atoms with Gasteiger partial charge >= 0.3 is 0 Å². The average molecular weight is 328 g/mol. The largest absolute Gasteiger partial charge is 0.344 e. The van der Waals surface area contributed by atoms with E-state index in [9.17, 15) is 4.79 Å². The highest BCUT2D eigenvalue weighted by atomic mass is 35.5. The summed E-state index contributed by atoms with van der Waals surface area (Å²) < 4.78 is 2.04. The van der Waals surface area contributed by atoms with E-state index in [1.54, 1.807) is 0 Å². The zero-order valence-corrected chi connectivity index (χ0v) is 14.2. The quantitative estimate of drug-likeness (QED) is 0.863. The second kappa shape index (κ2) is 7.44. The molecule has 1 saturated heterocycles. The molecule has 1 atom stereocenters. The lowest BCUT2D eigenvalue weighted by Crippen LogP contribution is -2.50. The molecule has 6 nitrogen and oxygen atoms in total. The molecule has 0 radical (unpaired) electrons. The lowest BCUT2D eigenvalue weighted by molar-refractivity contribution is -0.132. The number of imidazole rings is 1. The maximum atomic E-state index is 12.4. The molecule has 1 amide bonds. The molecule has 22 heavy (non-hydrogen) atoms. The van der Waals surface area contributed by atoms with Crippen molar-refractivity contribution in [3.63, 3.8) is 0 Å². The Bertz CT molecular complexity index is 502. The molecule has 1 saturated carbocycles. The van der Waals surface area contributed by atoms with Gasteiger partial charge in [0.2, 0.25) is 5.91 Å². The number of amides is 1. The monoisotopic (exact) mass is 327 g/mol. The van der Waals surface area contributed by atoms with Gasteiger partial charge in [-0.1, -0.05) is 0 Å². The predicted molar refractivity (Wildman–Crippen MR) is 88.0 cm³/mol. The van der Waals surface area contributed by atoms with Crippen LogP contribution in [0.5, 0.6) is 0 Å². The van der Waals surface area contributed by atoms with Crippen molar-refractivity contribution >= 4 is 18.3 Å². The summed E-state index contributed by atoms with van der Waals surface area (Å²) in [6.07, 6.45) is 6.34. The molecule has 0 spiro atoms. The molecule has 124 valence electrons. The van der Waals surface area contributed by atoms with E-state index in [-0.39, 0.29) is 24.4 Å². The number of likely N-dealkylation sites (N-methyl/N-ethyl adjacent to an activating group) is 1. The van der Waals surface area contributed by atoms with E-state index in [0.717, 1.165) is 37.9 Å². The highest BCUT2D eigenvalue weighted by molar-refractivity contribution is 5.85. The molecular formula is C15H26ClN5O. The third-order valence-corrected chi connectivity index (χ3v) is 4.50. The summed E-state index contributed by atoms with van der Waals surface area (Å²) in [6, 6.07) is 0.178. The van der Waals surface area contributed by atoms with E-state index < -0.39 is 0 Å². The van der Waals surface area contributed by atoms with Crippen LogP contribution in [0.25, 0.3) is 0 Å². The van der Waals surface area contributed by atoms with Crippen LogP contribution < -0.4 is 5.32 Å². The SMILES string of the molecule is CN(CC1CC1)C(=O)CN1CCNCC1c1nccn1C.Cl. The number of carbonyl (C=O) groups is 1. The highest BCUT2D eigenvalue weighted by Crippen LogP contribution is 2.29. The Labute approximate surface area is 138 Å². The smallest absolute Gasteiger partial charge is 0.236 e. The molecule has 1 aromatic heterocycles. The molecule has 1 aliphatic carbocycles. The fourth-order valence-electron chi connectivity index (χ4n) is 2.97. The van der Waals surface area contributed by atoms with E-state index >= 15 is 0 Å². The first-order valence-electron chi connectivity index (χ1n) is 7.81. The van der Waals surface area contributed by atoms with Crippen molar-refractivity contribution in [1.82, 2.24) is 24.7 Å². The summed E-state index contributed by atoms with van der Waals surface area (Å²) in [7, 11) is 3.94. The van der Waals surface area contributed by atoms with Gasteiger partial charge in [-0.05, 0) is 18.8 Å². The molecule has 7 heteroatoms. The van der Waals surface area contributed by atoms with Crippen LogP contribution in [-0.4, -0.2) is 65.0 Å². The van der Waals surface area contributed by atoms with Gasteiger partial charge in [0.15, 0.2) is 0 Å². The van der Waals surface area contributed by atoms with Crippen molar-refractivity contribution in [2.75, 3.05) is 39.8 Å². The minimum atomic E-state index is 0. The van der Waals surface area contributed by atoms with Crippen LogP contribution in [0.1, 0.15) is 24.7 Å². The fraction of sp³-hybridized carbons (Fsp3) is 0.733. The first-order valence-corrected chi connectivity index (χ1v) is 7.81. The van der Waals surface area contributed by atoms with Gasteiger partial charge < -0.3 is 14.8 Å². The van der Waals surface area contributed by atoms with Crippen LogP contribution in [0.2, 0.25) is 0 Å². The molecule has 2 aliphatic rings. The first kappa shape index (κ1) is 17.2. The molecule has 0 aromatic carbocycles. The molecule has 1 aliphatic heterocycles. The van der Waals surface area contributed by atoms with Crippen molar-refractivity contribution < 1.29 is 4.79 Å². The van der Waals surface area contributed by atoms with Crippen molar-refractivity contribution in [1.29, 1.82) is 0 Å².